The maximum atomic E-state index is 10.5. The molecule has 0 heterocycles. The molecule has 0 unspecified atom stereocenters. The van der Waals surface area contributed by atoms with Gasteiger partial charge in [-0.15, -0.1) is 0 Å². The van der Waals surface area contributed by atoms with Crippen LogP contribution in [0.2, 0.25) is 0 Å². The van der Waals surface area contributed by atoms with Crippen molar-refractivity contribution in [3.8, 4) is 0 Å². The highest BCUT2D eigenvalue weighted by Gasteiger charge is 2.09. The maximum absolute atomic E-state index is 10.5. The summed E-state index contributed by atoms with van der Waals surface area (Å²) in [6.07, 6.45) is 0. The summed E-state index contributed by atoms with van der Waals surface area (Å²) in [6, 6.07) is 0. The quantitative estimate of drug-likeness (QED) is 0.354. The second kappa shape index (κ2) is 3.35. The van der Waals surface area contributed by atoms with Crippen LogP contribution in [0.25, 0.3) is 0 Å². The zero-order valence-electron chi connectivity index (χ0n) is 4.47. The SMILES string of the molecule is CN(C)[S+]=P([O-])(Cl)Cl. The van der Waals surface area contributed by atoms with E-state index in [0.717, 1.165) is 11.1 Å². The van der Waals surface area contributed by atoms with Crippen molar-refractivity contribution in [3.63, 3.8) is 0 Å². The molecule has 0 spiro atoms. The van der Waals surface area contributed by atoms with Crippen molar-refractivity contribution in [1.29, 1.82) is 0 Å². The van der Waals surface area contributed by atoms with Crippen LogP contribution < -0.4 is 4.89 Å². The van der Waals surface area contributed by atoms with Crippen LogP contribution in [-0.2, 0) is 11.1 Å². The monoisotopic (exact) mass is 193 g/mol. The third-order valence-electron chi connectivity index (χ3n) is 0.258. The van der Waals surface area contributed by atoms with Gasteiger partial charge in [-0.25, -0.2) is 0 Å². The van der Waals surface area contributed by atoms with Gasteiger partial charge >= 0.3 is 0 Å². The number of halogens is 2. The van der Waals surface area contributed by atoms with Crippen LogP contribution in [0.1, 0.15) is 0 Å². The lowest BCUT2D eigenvalue weighted by Crippen LogP contribution is -2.05. The molecule has 0 saturated heterocycles. The van der Waals surface area contributed by atoms with Crippen LogP contribution in [0.5, 0.6) is 0 Å². The van der Waals surface area contributed by atoms with E-state index in [1.807, 2.05) is 0 Å². The van der Waals surface area contributed by atoms with E-state index in [0.29, 0.717) is 0 Å². The molecule has 6 heteroatoms. The molecule has 8 heavy (non-hydrogen) atoms. The molecule has 0 N–H and O–H groups in total. The number of nitrogens with zero attached hydrogens (tertiary/aromatic N) is 1. The van der Waals surface area contributed by atoms with E-state index in [1.54, 1.807) is 18.4 Å². The third-order valence-corrected chi connectivity index (χ3v) is 3.44. The smallest absolute Gasteiger partial charge is 0.281 e. The zero-order chi connectivity index (χ0) is 6.78. The maximum Gasteiger partial charge on any atom is 0.281 e. The number of hydrogen-bond donors (Lipinski definition) is 0. The fraction of sp³-hybridized carbons (Fsp3) is 1.00. The molecule has 0 saturated carbocycles. The Morgan fingerprint density at radius 3 is 1.88 bits per heavy atom. The summed E-state index contributed by atoms with van der Waals surface area (Å²) in [4.78, 5) is 7.54. The lowest BCUT2D eigenvalue weighted by atomic mass is 11.3. The van der Waals surface area contributed by atoms with Gasteiger partial charge in [0.05, 0.1) is 0 Å². The van der Waals surface area contributed by atoms with Gasteiger partial charge in [-0.3, -0.25) is 0 Å². The van der Waals surface area contributed by atoms with E-state index in [4.69, 9.17) is 22.5 Å². The van der Waals surface area contributed by atoms with Gasteiger partial charge in [-0.2, -0.15) is 0 Å². The first-order chi connectivity index (χ1) is 3.42. The Balaban J connectivity index is 3.95. The first-order valence-electron chi connectivity index (χ1n) is 1.78. The summed E-state index contributed by atoms with van der Waals surface area (Å²) in [5, 5.41) is 0. The van der Waals surface area contributed by atoms with E-state index in [-0.39, 0.29) is 0 Å². The molecular formula is C2H6Cl2NOPS. The van der Waals surface area contributed by atoms with Crippen molar-refractivity contribution in [3.05, 3.63) is 0 Å². The predicted molar refractivity (Wildman–Crippen MR) is 39.7 cm³/mol. The van der Waals surface area contributed by atoms with Crippen molar-refractivity contribution in [1.82, 2.24) is 4.31 Å². The molecule has 0 aliphatic carbocycles. The molecule has 0 radical (unpaired) electrons. The highest BCUT2D eigenvalue weighted by molar-refractivity contribution is 8.40. The lowest BCUT2D eigenvalue weighted by molar-refractivity contribution is -0.150. The van der Waals surface area contributed by atoms with Gasteiger partial charge in [0.25, 0.3) is 16.1 Å². The Bertz CT molecular complexity index is 113. The van der Waals surface area contributed by atoms with E-state index in [1.165, 1.54) is 0 Å². The molecular weight excluding hydrogens is 188 g/mol. The van der Waals surface area contributed by atoms with E-state index in [9.17, 15) is 4.89 Å². The molecule has 0 aliphatic rings. The normalized spacial score (nSPS) is 12.2. The molecule has 0 aromatic carbocycles. The minimum absolute atomic E-state index is 0.931. The summed E-state index contributed by atoms with van der Waals surface area (Å²) >= 11 is 11.3. The third kappa shape index (κ3) is 7.15. The van der Waals surface area contributed by atoms with E-state index < -0.39 is 4.97 Å². The molecule has 0 fully saturated rings. The molecule has 0 aromatic rings. The van der Waals surface area contributed by atoms with Gasteiger partial charge < -0.3 is 4.89 Å². The van der Waals surface area contributed by atoms with Crippen LogP contribution in [0.4, 0.5) is 0 Å². The van der Waals surface area contributed by atoms with Crippen LogP contribution >= 0.6 is 27.5 Å². The van der Waals surface area contributed by atoms with Crippen LogP contribution in [-0.4, -0.2) is 18.4 Å². The summed E-state index contributed by atoms with van der Waals surface area (Å²) in [7, 11) is 3.45. The minimum atomic E-state index is -2.93. The van der Waals surface area contributed by atoms with Crippen LogP contribution in [0, 0.1) is 0 Å². The van der Waals surface area contributed by atoms with Gasteiger partial charge in [0.2, 0.25) is 0 Å². The molecule has 0 aliphatic heterocycles. The molecule has 2 nitrogen and oxygen atoms in total. The van der Waals surface area contributed by atoms with Gasteiger partial charge in [0.15, 0.2) is 0 Å². The van der Waals surface area contributed by atoms with Gasteiger partial charge in [-0.05, 0) is 22.5 Å². The molecule has 0 bridgehead atoms. The second-order valence-electron chi connectivity index (χ2n) is 1.31. The molecule has 0 atom stereocenters. The van der Waals surface area contributed by atoms with Crippen molar-refractivity contribution >= 4 is 38.6 Å². The highest BCUT2D eigenvalue weighted by atomic mass is 35.9. The average molecular weight is 194 g/mol. The topological polar surface area (TPSA) is 26.3 Å². The number of hydrogen-bond acceptors (Lipinski definition) is 1. The van der Waals surface area contributed by atoms with Crippen LogP contribution in [0.3, 0.4) is 0 Å². The summed E-state index contributed by atoms with van der Waals surface area (Å²) in [5.74, 6) is 0. The van der Waals surface area contributed by atoms with Gasteiger partial charge in [0, 0.05) is 14.1 Å². The zero-order valence-corrected chi connectivity index (χ0v) is 7.69. The summed E-state index contributed by atoms with van der Waals surface area (Å²) in [5.41, 5.74) is 0. The number of rotatable bonds is 1. The highest BCUT2D eigenvalue weighted by Crippen LogP contribution is 2.49. The Morgan fingerprint density at radius 2 is 1.88 bits per heavy atom. The second-order valence-corrected chi connectivity index (χ2v) is 9.64. The minimum Gasteiger partial charge on any atom is -0.761 e. The fourth-order valence-corrected chi connectivity index (χ4v) is 3.93. The molecule has 0 rings (SSSR count). The van der Waals surface area contributed by atoms with E-state index in [2.05, 4.69) is 0 Å². The Morgan fingerprint density at radius 1 is 1.50 bits per heavy atom. The standard InChI is InChI=1S/C2H6Cl2NOPS/c1-5(2)8-7(3,4)6/h1-2H3. The van der Waals surface area contributed by atoms with Crippen LogP contribution in [0.15, 0.2) is 0 Å². The van der Waals surface area contributed by atoms with Gasteiger partial charge in [0.1, 0.15) is 0 Å². The van der Waals surface area contributed by atoms with Crippen molar-refractivity contribution in [2.45, 2.75) is 0 Å². The fourth-order valence-electron chi connectivity index (χ4n) is 0.190. The van der Waals surface area contributed by atoms with E-state index >= 15 is 0 Å². The molecule has 50 valence electrons. The predicted octanol–water partition coefficient (Wildman–Crippen LogP) is 1.06. The van der Waals surface area contributed by atoms with Crippen molar-refractivity contribution in [2.24, 2.45) is 0 Å². The lowest BCUT2D eigenvalue weighted by Gasteiger charge is -1.99. The first-order valence-corrected chi connectivity index (χ1v) is 6.68. The molecule has 0 amide bonds. The summed E-state index contributed by atoms with van der Waals surface area (Å²) < 4.78 is 1.60. The Hall–Kier alpha value is 1.15. The van der Waals surface area contributed by atoms with Crippen molar-refractivity contribution in [2.75, 3.05) is 14.1 Å². The molecule has 0 aromatic heterocycles. The Kier molecular flexibility index (Phi) is 3.83. The first kappa shape index (κ1) is 9.15. The van der Waals surface area contributed by atoms with Gasteiger partial charge in [-0.1, -0.05) is 4.31 Å². The Labute approximate surface area is 62.2 Å². The average Bonchev–Trinajstić information content (AvgIpc) is 1.21. The largest absolute Gasteiger partial charge is 0.761 e. The summed E-state index contributed by atoms with van der Waals surface area (Å²) in [6.45, 7) is 0. The van der Waals surface area contributed by atoms with Crippen molar-refractivity contribution < 1.29 is 4.89 Å².